The number of aromatic nitrogens is 4. The molecule has 2 N–H and O–H groups in total. The molecule has 1 saturated heterocycles. The van der Waals surface area contributed by atoms with Crippen LogP contribution in [0.15, 0.2) is 30.9 Å². The zero-order valence-electron chi connectivity index (χ0n) is 16.5. The zero-order valence-corrected chi connectivity index (χ0v) is 16.5. The SMILES string of the molecule is Cn1cc(-c2c[nH]c3ncc(C4CCC(NC5CCOCC5)CC4)cc23)cn1. The molecule has 0 bridgehead atoms. The van der Waals surface area contributed by atoms with Gasteiger partial charge in [-0.25, -0.2) is 4.98 Å². The van der Waals surface area contributed by atoms with E-state index in [1.807, 2.05) is 24.1 Å². The predicted molar refractivity (Wildman–Crippen MR) is 110 cm³/mol. The average Bonchev–Trinajstić information content (AvgIpc) is 3.35. The summed E-state index contributed by atoms with van der Waals surface area (Å²) in [5, 5.41) is 9.40. The maximum atomic E-state index is 5.48. The van der Waals surface area contributed by atoms with Crippen LogP contribution in [-0.4, -0.2) is 45.0 Å². The van der Waals surface area contributed by atoms with Gasteiger partial charge in [0.25, 0.3) is 0 Å². The molecule has 3 aromatic rings. The van der Waals surface area contributed by atoms with E-state index in [1.54, 1.807) is 0 Å². The molecule has 1 aliphatic heterocycles. The number of ether oxygens (including phenoxy) is 1. The molecule has 6 heteroatoms. The summed E-state index contributed by atoms with van der Waals surface area (Å²) < 4.78 is 7.33. The minimum Gasteiger partial charge on any atom is -0.381 e. The second kappa shape index (κ2) is 7.68. The molecule has 0 atom stereocenters. The van der Waals surface area contributed by atoms with Crippen LogP contribution >= 0.6 is 0 Å². The first kappa shape index (κ1) is 17.9. The lowest BCUT2D eigenvalue weighted by Crippen LogP contribution is -2.43. The fraction of sp³-hybridized carbons (Fsp3) is 0.545. The van der Waals surface area contributed by atoms with Gasteiger partial charge in [-0.2, -0.15) is 5.10 Å². The molecule has 0 radical (unpaired) electrons. The molecule has 0 amide bonds. The third-order valence-electron chi connectivity index (χ3n) is 6.46. The van der Waals surface area contributed by atoms with Crippen LogP contribution in [0, 0.1) is 0 Å². The number of nitrogens with zero attached hydrogens (tertiary/aromatic N) is 3. The van der Waals surface area contributed by atoms with Gasteiger partial charge < -0.3 is 15.0 Å². The number of H-pyrrole nitrogens is 1. The molecule has 4 heterocycles. The second-order valence-corrected chi connectivity index (χ2v) is 8.37. The van der Waals surface area contributed by atoms with Gasteiger partial charge in [-0.05, 0) is 56.1 Å². The Hall–Kier alpha value is -2.18. The van der Waals surface area contributed by atoms with E-state index >= 15 is 0 Å². The fourth-order valence-electron chi connectivity index (χ4n) is 4.83. The van der Waals surface area contributed by atoms with Gasteiger partial charge in [0.2, 0.25) is 0 Å². The Morgan fingerprint density at radius 1 is 1.07 bits per heavy atom. The number of fused-ring (bicyclic) bond motifs is 1. The maximum Gasteiger partial charge on any atom is 0.137 e. The normalized spacial score (nSPS) is 24.0. The lowest BCUT2D eigenvalue weighted by atomic mass is 9.81. The van der Waals surface area contributed by atoms with Crippen molar-refractivity contribution in [3.8, 4) is 11.1 Å². The van der Waals surface area contributed by atoms with Gasteiger partial charge in [0.15, 0.2) is 0 Å². The van der Waals surface area contributed by atoms with Crippen molar-refractivity contribution >= 4 is 11.0 Å². The first-order valence-corrected chi connectivity index (χ1v) is 10.6. The van der Waals surface area contributed by atoms with Crippen molar-refractivity contribution in [3.63, 3.8) is 0 Å². The van der Waals surface area contributed by atoms with Gasteiger partial charge in [-0.1, -0.05) is 0 Å². The standard InChI is InChI=1S/C22H29N5O/c1-27-14-17(12-25-27)21-13-24-22-20(21)10-16(11-23-22)15-2-4-18(5-3-15)26-19-6-8-28-9-7-19/h10-15,18-19,26H,2-9H2,1H3,(H,23,24). The van der Waals surface area contributed by atoms with Crippen molar-refractivity contribution in [2.45, 2.75) is 56.5 Å². The smallest absolute Gasteiger partial charge is 0.137 e. The summed E-state index contributed by atoms with van der Waals surface area (Å²) >= 11 is 0. The van der Waals surface area contributed by atoms with Crippen molar-refractivity contribution in [1.29, 1.82) is 0 Å². The van der Waals surface area contributed by atoms with Crippen LogP contribution in [0.3, 0.4) is 0 Å². The largest absolute Gasteiger partial charge is 0.381 e. The Balaban J connectivity index is 1.29. The van der Waals surface area contributed by atoms with E-state index in [4.69, 9.17) is 9.72 Å². The van der Waals surface area contributed by atoms with Crippen molar-refractivity contribution in [2.24, 2.45) is 7.05 Å². The summed E-state index contributed by atoms with van der Waals surface area (Å²) in [5.74, 6) is 0.612. The molecule has 28 heavy (non-hydrogen) atoms. The molecule has 2 fully saturated rings. The first-order chi connectivity index (χ1) is 13.8. The molecule has 0 spiro atoms. The van der Waals surface area contributed by atoms with E-state index in [-0.39, 0.29) is 0 Å². The van der Waals surface area contributed by atoms with E-state index in [1.165, 1.54) is 42.2 Å². The highest BCUT2D eigenvalue weighted by atomic mass is 16.5. The number of hydrogen-bond donors (Lipinski definition) is 2. The minimum absolute atomic E-state index is 0.612. The van der Waals surface area contributed by atoms with E-state index in [2.05, 4.69) is 33.9 Å². The van der Waals surface area contributed by atoms with Crippen molar-refractivity contribution < 1.29 is 4.74 Å². The quantitative estimate of drug-likeness (QED) is 0.724. The topological polar surface area (TPSA) is 67.8 Å². The fourth-order valence-corrected chi connectivity index (χ4v) is 4.83. The highest BCUT2D eigenvalue weighted by Crippen LogP contribution is 2.36. The third kappa shape index (κ3) is 3.59. The molecule has 6 nitrogen and oxygen atoms in total. The molecule has 2 aliphatic rings. The second-order valence-electron chi connectivity index (χ2n) is 8.37. The average molecular weight is 380 g/mol. The number of aryl methyl sites for hydroxylation is 1. The number of pyridine rings is 1. The highest BCUT2D eigenvalue weighted by Gasteiger charge is 2.25. The predicted octanol–water partition coefficient (Wildman–Crippen LogP) is 3.76. The van der Waals surface area contributed by atoms with Gasteiger partial charge in [0.05, 0.1) is 6.20 Å². The number of nitrogens with one attached hydrogen (secondary N) is 2. The van der Waals surface area contributed by atoms with Crippen LogP contribution in [0.5, 0.6) is 0 Å². The van der Waals surface area contributed by atoms with Crippen molar-refractivity contribution in [1.82, 2.24) is 25.1 Å². The summed E-state index contributed by atoms with van der Waals surface area (Å²) in [6.07, 6.45) is 15.4. The van der Waals surface area contributed by atoms with Crippen LogP contribution in [0.1, 0.15) is 50.0 Å². The minimum atomic E-state index is 0.612. The van der Waals surface area contributed by atoms with Gasteiger partial charge >= 0.3 is 0 Å². The summed E-state index contributed by atoms with van der Waals surface area (Å²) in [4.78, 5) is 8.02. The first-order valence-electron chi connectivity index (χ1n) is 10.6. The number of aromatic amines is 1. The molecular weight excluding hydrogens is 350 g/mol. The number of hydrogen-bond acceptors (Lipinski definition) is 4. The lowest BCUT2D eigenvalue weighted by Gasteiger charge is -2.33. The number of rotatable bonds is 4. The van der Waals surface area contributed by atoms with E-state index in [9.17, 15) is 0 Å². The Bertz CT molecular complexity index is 931. The van der Waals surface area contributed by atoms with Gasteiger partial charge in [0, 0.05) is 67.4 Å². The van der Waals surface area contributed by atoms with Gasteiger partial charge in [-0.15, -0.1) is 0 Å². The van der Waals surface area contributed by atoms with Crippen LogP contribution in [0.25, 0.3) is 22.2 Å². The summed E-state index contributed by atoms with van der Waals surface area (Å²) in [7, 11) is 1.95. The zero-order chi connectivity index (χ0) is 18.9. The molecule has 0 aromatic carbocycles. The van der Waals surface area contributed by atoms with Crippen LogP contribution < -0.4 is 5.32 Å². The third-order valence-corrected chi connectivity index (χ3v) is 6.46. The van der Waals surface area contributed by atoms with E-state index in [0.717, 1.165) is 37.3 Å². The van der Waals surface area contributed by atoms with Crippen LogP contribution in [0.4, 0.5) is 0 Å². The van der Waals surface area contributed by atoms with Crippen molar-refractivity contribution in [2.75, 3.05) is 13.2 Å². The van der Waals surface area contributed by atoms with Crippen LogP contribution in [-0.2, 0) is 11.8 Å². The molecule has 1 aliphatic carbocycles. The Morgan fingerprint density at radius 2 is 1.86 bits per heavy atom. The van der Waals surface area contributed by atoms with Gasteiger partial charge in [0.1, 0.15) is 5.65 Å². The molecule has 0 unspecified atom stereocenters. The summed E-state index contributed by atoms with van der Waals surface area (Å²) in [6, 6.07) is 3.65. The van der Waals surface area contributed by atoms with E-state index < -0.39 is 0 Å². The molecular formula is C22H29N5O. The van der Waals surface area contributed by atoms with Crippen LogP contribution in [0.2, 0.25) is 0 Å². The lowest BCUT2D eigenvalue weighted by molar-refractivity contribution is 0.0729. The highest BCUT2D eigenvalue weighted by molar-refractivity contribution is 5.93. The molecule has 5 rings (SSSR count). The Kier molecular flexibility index (Phi) is 4.91. The monoisotopic (exact) mass is 379 g/mol. The Morgan fingerprint density at radius 3 is 2.61 bits per heavy atom. The molecule has 148 valence electrons. The Labute approximate surface area is 165 Å². The maximum absolute atomic E-state index is 5.48. The molecule has 1 saturated carbocycles. The molecule has 3 aromatic heterocycles. The van der Waals surface area contributed by atoms with Crippen molar-refractivity contribution in [3.05, 3.63) is 36.4 Å². The van der Waals surface area contributed by atoms with Gasteiger partial charge in [-0.3, -0.25) is 4.68 Å². The van der Waals surface area contributed by atoms with E-state index in [0.29, 0.717) is 18.0 Å². The summed E-state index contributed by atoms with van der Waals surface area (Å²) in [5.41, 5.74) is 4.66. The summed E-state index contributed by atoms with van der Waals surface area (Å²) in [6.45, 7) is 1.82.